The van der Waals surface area contributed by atoms with Crippen molar-refractivity contribution in [3.63, 3.8) is 0 Å². The van der Waals surface area contributed by atoms with E-state index in [2.05, 4.69) is 77.0 Å². The predicted octanol–water partition coefficient (Wildman–Crippen LogP) is 5.48. The molecule has 4 heteroatoms. The van der Waals surface area contributed by atoms with E-state index in [1.54, 1.807) is 6.20 Å². The number of aryl methyl sites for hydroxylation is 2. The molecule has 0 amide bonds. The van der Waals surface area contributed by atoms with E-state index in [-0.39, 0.29) is 5.92 Å². The van der Waals surface area contributed by atoms with Crippen molar-refractivity contribution in [2.24, 2.45) is 5.16 Å². The first kappa shape index (κ1) is 21.0. The van der Waals surface area contributed by atoms with Crippen LogP contribution in [0.15, 0.2) is 78.1 Å². The van der Waals surface area contributed by atoms with E-state index in [1.807, 2.05) is 19.1 Å². The molecule has 1 aliphatic rings. The van der Waals surface area contributed by atoms with Crippen molar-refractivity contribution < 1.29 is 5.21 Å². The third kappa shape index (κ3) is 4.92. The number of hydrogen-bond donors (Lipinski definition) is 2. The molecule has 0 unspecified atom stereocenters. The number of oxime groups is 1. The monoisotopic (exact) mass is 411 g/mol. The molecule has 158 valence electrons. The van der Waals surface area contributed by atoms with E-state index >= 15 is 0 Å². The fourth-order valence-electron chi connectivity index (χ4n) is 4.33. The second-order valence-electron chi connectivity index (χ2n) is 8.15. The first-order chi connectivity index (χ1) is 15.2. The molecule has 0 saturated carbocycles. The minimum Gasteiger partial charge on any atom is -0.411 e. The largest absolute Gasteiger partial charge is 0.411 e. The molecular weight excluding hydrogens is 382 g/mol. The number of rotatable bonds is 6. The van der Waals surface area contributed by atoms with Crippen LogP contribution in [-0.4, -0.2) is 29.0 Å². The molecule has 4 nitrogen and oxygen atoms in total. The van der Waals surface area contributed by atoms with Gasteiger partial charge in [-0.3, -0.25) is 4.98 Å². The van der Waals surface area contributed by atoms with Crippen LogP contribution in [0.2, 0.25) is 0 Å². The minimum absolute atomic E-state index is 0.0941. The fraction of sp³-hybridized carbons (Fsp3) is 0.259. The van der Waals surface area contributed by atoms with Crippen LogP contribution in [0, 0.1) is 13.8 Å². The molecule has 3 aromatic rings. The van der Waals surface area contributed by atoms with E-state index in [0.29, 0.717) is 12.1 Å². The van der Waals surface area contributed by atoms with Gasteiger partial charge in [0.1, 0.15) is 0 Å². The van der Waals surface area contributed by atoms with E-state index in [0.717, 1.165) is 30.8 Å². The molecule has 0 spiro atoms. The van der Waals surface area contributed by atoms with Gasteiger partial charge in [0, 0.05) is 36.3 Å². The lowest BCUT2D eigenvalue weighted by molar-refractivity contribution is 0.317. The molecule has 0 bridgehead atoms. The Kier molecular flexibility index (Phi) is 6.58. The van der Waals surface area contributed by atoms with Gasteiger partial charge in [0.15, 0.2) is 0 Å². The molecule has 4 rings (SSSR count). The molecular formula is C27H29N3O. The molecule has 0 fully saturated rings. The maximum Gasteiger partial charge on any atom is 0.0878 e. The quantitative estimate of drug-likeness (QED) is 0.321. The van der Waals surface area contributed by atoms with Crippen LogP contribution in [0.3, 0.4) is 0 Å². The maximum atomic E-state index is 9.85. The molecule has 2 aromatic carbocycles. The van der Waals surface area contributed by atoms with Crippen LogP contribution in [0.25, 0.3) is 5.57 Å². The first-order valence-electron chi connectivity index (χ1n) is 10.9. The van der Waals surface area contributed by atoms with Crippen molar-refractivity contribution in [2.75, 3.05) is 13.1 Å². The summed E-state index contributed by atoms with van der Waals surface area (Å²) in [5.74, 6) is 0.0941. The van der Waals surface area contributed by atoms with Gasteiger partial charge in [0.2, 0.25) is 0 Å². The van der Waals surface area contributed by atoms with Gasteiger partial charge in [-0.15, -0.1) is 0 Å². The lowest BCUT2D eigenvalue weighted by atomic mass is 9.83. The van der Waals surface area contributed by atoms with Crippen LogP contribution >= 0.6 is 0 Å². The molecule has 2 heterocycles. The second-order valence-corrected chi connectivity index (χ2v) is 8.15. The van der Waals surface area contributed by atoms with Crippen molar-refractivity contribution in [1.29, 1.82) is 0 Å². The molecule has 2 N–H and O–H groups in total. The van der Waals surface area contributed by atoms with Gasteiger partial charge in [0.05, 0.1) is 5.71 Å². The van der Waals surface area contributed by atoms with Crippen LogP contribution in [0.5, 0.6) is 0 Å². The zero-order valence-electron chi connectivity index (χ0n) is 18.2. The van der Waals surface area contributed by atoms with Gasteiger partial charge >= 0.3 is 0 Å². The summed E-state index contributed by atoms with van der Waals surface area (Å²) >= 11 is 0. The molecule has 1 aliphatic heterocycles. The lowest BCUT2D eigenvalue weighted by Crippen LogP contribution is -2.20. The van der Waals surface area contributed by atoms with E-state index < -0.39 is 0 Å². The summed E-state index contributed by atoms with van der Waals surface area (Å²) in [5, 5.41) is 16.9. The Balaban J connectivity index is 1.70. The highest BCUT2D eigenvalue weighted by Gasteiger charge is 2.21. The SMILES string of the molecule is Cc1cc(/C(C[C@H](c2ccc(C3=CCNCC3)cc2)c2ccccc2C)=N\O)ccn1. The number of aromatic nitrogens is 1. The Labute approximate surface area is 184 Å². The summed E-state index contributed by atoms with van der Waals surface area (Å²) < 4.78 is 0. The van der Waals surface area contributed by atoms with Crippen molar-refractivity contribution in [3.8, 4) is 0 Å². The Morgan fingerprint density at radius 1 is 1.10 bits per heavy atom. The summed E-state index contributed by atoms with van der Waals surface area (Å²) in [4.78, 5) is 4.27. The average molecular weight is 412 g/mol. The van der Waals surface area contributed by atoms with Gasteiger partial charge in [-0.2, -0.15) is 0 Å². The first-order valence-corrected chi connectivity index (χ1v) is 10.9. The minimum atomic E-state index is 0.0941. The van der Waals surface area contributed by atoms with Gasteiger partial charge in [0.25, 0.3) is 0 Å². The normalized spacial score (nSPS) is 15.4. The Hall–Kier alpha value is -3.24. The molecule has 0 saturated heterocycles. The second kappa shape index (κ2) is 9.71. The Bertz CT molecular complexity index is 1100. The molecule has 31 heavy (non-hydrogen) atoms. The summed E-state index contributed by atoms with van der Waals surface area (Å²) in [6.07, 6.45) is 5.71. The van der Waals surface area contributed by atoms with Crippen LogP contribution < -0.4 is 5.32 Å². The molecule has 1 aromatic heterocycles. The smallest absolute Gasteiger partial charge is 0.0878 e. The van der Waals surface area contributed by atoms with Crippen LogP contribution in [0.4, 0.5) is 0 Å². The average Bonchev–Trinajstić information content (AvgIpc) is 2.81. The van der Waals surface area contributed by atoms with Crippen molar-refractivity contribution in [2.45, 2.75) is 32.6 Å². The predicted molar refractivity (Wildman–Crippen MR) is 127 cm³/mol. The zero-order chi connectivity index (χ0) is 21.6. The highest BCUT2D eigenvalue weighted by molar-refractivity contribution is 6.01. The summed E-state index contributed by atoms with van der Waals surface area (Å²) in [5.41, 5.74) is 8.89. The standard InChI is InChI=1S/C27H29N3O/c1-19-5-3-4-6-25(19)26(18-27(30-31)24-13-16-29-20(2)17-24)23-9-7-21(8-10-23)22-11-14-28-15-12-22/h3-11,13,16-17,26,28,31H,12,14-15,18H2,1-2H3/b30-27-/t26-/m1/s1. The Morgan fingerprint density at radius 2 is 1.90 bits per heavy atom. The molecule has 0 radical (unpaired) electrons. The third-order valence-electron chi connectivity index (χ3n) is 6.06. The van der Waals surface area contributed by atoms with E-state index in [4.69, 9.17) is 0 Å². The van der Waals surface area contributed by atoms with Crippen LogP contribution in [0.1, 0.15) is 52.3 Å². The van der Waals surface area contributed by atoms with E-state index in [1.165, 1.54) is 27.8 Å². The van der Waals surface area contributed by atoms with Gasteiger partial charge in [-0.05, 0) is 66.8 Å². The highest BCUT2D eigenvalue weighted by atomic mass is 16.4. The van der Waals surface area contributed by atoms with Crippen molar-refractivity contribution >= 4 is 11.3 Å². The highest BCUT2D eigenvalue weighted by Crippen LogP contribution is 2.33. The van der Waals surface area contributed by atoms with Crippen LogP contribution in [-0.2, 0) is 0 Å². The lowest BCUT2D eigenvalue weighted by Gasteiger charge is -2.22. The number of hydrogen-bond acceptors (Lipinski definition) is 4. The number of nitrogens with one attached hydrogen (secondary N) is 1. The third-order valence-corrected chi connectivity index (χ3v) is 6.06. The zero-order valence-corrected chi connectivity index (χ0v) is 18.2. The molecule has 1 atom stereocenters. The summed E-state index contributed by atoms with van der Waals surface area (Å²) in [6, 6.07) is 21.2. The molecule has 0 aliphatic carbocycles. The van der Waals surface area contributed by atoms with Gasteiger partial charge in [-0.25, -0.2) is 0 Å². The Morgan fingerprint density at radius 3 is 2.58 bits per heavy atom. The van der Waals surface area contributed by atoms with E-state index in [9.17, 15) is 5.21 Å². The number of benzene rings is 2. The topological polar surface area (TPSA) is 57.5 Å². The van der Waals surface area contributed by atoms with Gasteiger partial charge < -0.3 is 10.5 Å². The maximum absolute atomic E-state index is 9.85. The fourth-order valence-corrected chi connectivity index (χ4v) is 4.33. The number of pyridine rings is 1. The van der Waals surface area contributed by atoms with Gasteiger partial charge in [-0.1, -0.05) is 59.8 Å². The summed E-state index contributed by atoms with van der Waals surface area (Å²) in [6.45, 7) is 6.06. The van der Waals surface area contributed by atoms with Crippen molar-refractivity contribution in [3.05, 3.63) is 106 Å². The number of nitrogens with zero attached hydrogens (tertiary/aromatic N) is 2. The summed E-state index contributed by atoms with van der Waals surface area (Å²) in [7, 11) is 0. The van der Waals surface area contributed by atoms with Crippen molar-refractivity contribution in [1.82, 2.24) is 10.3 Å².